The number of hydrogen-bond donors (Lipinski definition) is 2. The van der Waals surface area contributed by atoms with Crippen LogP contribution in [0.5, 0.6) is 0 Å². The number of aryl methyl sites for hydroxylation is 1. The van der Waals surface area contributed by atoms with Crippen LogP contribution in [-0.2, 0) is 19.1 Å². The maximum atomic E-state index is 12.1. The van der Waals surface area contributed by atoms with Gasteiger partial charge in [-0.1, -0.05) is 22.0 Å². The van der Waals surface area contributed by atoms with Crippen LogP contribution in [0, 0.1) is 6.92 Å². The highest BCUT2D eigenvalue weighted by atomic mass is 32.2. The lowest BCUT2D eigenvalue weighted by Gasteiger charge is -2.10. The standard InChI is InChI=1S/C15H17N3O6S2/c1-10-2-4-11(5-3-10)26(21,22)24-17-12-6-7-18(15(20)16-12)13-9-23-14(8-19)25-13/h2-7,13-14,19H,8-9H2,1H3,(H,16,17,20)/p+1/t13-,14-/m1/s1. The summed E-state index contributed by atoms with van der Waals surface area (Å²) in [6, 6.07) is 7.68. The van der Waals surface area contributed by atoms with E-state index in [2.05, 4.69) is 4.98 Å². The Morgan fingerprint density at radius 1 is 1.38 bits per heavy atom. The Kier molecular flexibility index (Phi) is 5.75. The minimum atomic E-state index is -3.98. The molecule has 0 radical (unpaired) electrons. The van der Waals surface area contributed by atoms with Gasteiger partial charge in [0.25, 0.3) is 5.82 Å². The Balaban J connectivity index is 1.68. The number of hydrogen-bond acceptors (Lipinski definition) is 8. The molecule has 0 bridgehead atoms. The molecule has 2 aromatic rings. The van der Waals surface area contributed by atoms with E-state index >= 15 is 0 Å². The van der Waals surface area contributed by atoms with Crippen molar-refractivity contribution >= 4 is 27.7 Å². The monoisotopic (exact) mass is 400 g/mol. The number of quaternary nitrogens is 1. The fraction of sp³-hybridized carbons (Fsp3) is 0.333. The van der Waals surface area contributed by atoms with E-state index in [1.807, 2.05) is 6.92 Å². The molecule has 2 heterocycles. The lowest BCUT2D eigenvalue weighted by atomic mass is 10.2. The highest BCUT2D eigenvalue weighted by Gasteiger charge is 2.28. The van der Waals surface area contributed by atoms with E-state index in [9.17, 15) is 13.2 Å². The Morgan fingerprint density at radius 3 is 2.73 bits per heavy atom. The Bertz CT molecular complexity index is 929. The van der Waals surface area contributed by atoms with Crippen LogP contribution >= 0.6 is 11.8 Å². The number of aromatic nitrogens is 2. The van der Waals surface area contributed by atoms with Crippen LogP contribution in [0.15, 0.2) is 46.2 Å². The number of ether oxygens (including phenoxy) is 1. The molecule has 1 fully saturated rings. The van der Waals surface area contributed by atoms with Crippen LogP contribution in [0.3, 0.4) is 0 Å². The van der Waals surface area contributed by atoms with E-state index in [-0.39, 0.29) is 34.7 Å². The van der Waals surface area contributed by atoms with Gasteiger partial charge in [-0.15, -0.1) is 22.2 Å². The highest BCUT2D eigenvalue weighted by Crippen LogP contribution is 2.34. The Morgan fingerprint density at radius 2 is 2.12 bits per heavy atom. The summed E-state index contributed by atoms with van der Waals surface area (Å²) in [5.74, 6) is 0.0876. The van der Waals surface area contributed by atoms with E-state index in [4.69, 9.17) is 14.1 Å². The summed E-state index contributed by atoms with van der Waals surface area (Å²) in [6.07, 6.45) is 1.49. The number of thioether (sulfide) groups is 1. The van der Waals surface area contributed by atoms with Gasteiger partial charge in [-0.05, 0) is 19.1 Å². The zero-order valence-corrected chi connectivity index (χ0v) is 15.4. The third-order valence-corrected chi connectivity index (χ3v) is 6.11. The van der Waals surface area contributed by atoms with Gasteiger partial charge in [-0.3, -0.25) is 4.57 Å². The van der Waals surface area contributed by atoms with Crippen molar-refractivity contribution < 1.29 is 28.0 Å². The van der Waals surface area contributed by atoms with Gasteiger partial charge in [0.15, 0.2) is 0 Å². The zero-order valence-electron chi connectivity index (χ0n) is 13.8. The molecule has 140 valence electrons. The molecule has 1 aliphatic rings. The van der Waals surface area contributed by atoms with Crippen LogP contribution in [0.2, 0.25) is 0 Å². The van der Waals surface area contributed by atoms with Gasteiger partial charge in [0.05, 0.1) is 18.1 Å². The lowest BCUT2D eigenvalue weighted by Crippen LogP contribution is -2.78. The van der Waals surface area contributed by atoms with Crippen LogP contribution in [-0.4, -0.2) is 41.7 Å². The average Bonchev–Trinajstić information content (AvgIpc) is 3.09. The minimum absolute atomic E-state index is 0.0160. The fourth-order valence-electron chi connectivity index (χ4n) is 2.27. The fourth-order valence-corrected chi connectivity index (χ4v) is 4.12. The Labute approximate surface area is 154 Å². The van der Waals surface area contributed by atoms with Crippen molar-refractivity contribution in [3.05, 3.63) is 52.6 Å². The van der Waals surface area contributed by atoms with Crippen molar-refractivity contribution in [2.24, 2.45) is 0 Å². The summed E-state index contributed by atoms with van der Waals surface area (Å²) in [7, 11) is -3.98. The van der Waals surface area contributed by atoms with Crippen LogP contribution in [0.4, 0.5) is 5.82 Å². The second kappa shape index (κ2) is 7.86. The van der Waals surface area contributed by atoms with Crippen molar-refractivity contribution in [2.45, 2.75) is 22.6 Å². The summed E-state index contributed by atoms with van der Waals surface area (Å²) < 4.78 is 35.8. The molecule has 9 nitrogen and oxygen atoms in total. The van der Waals surface area contributed by atoms with Crippen molar-refractivity contribution in [3.63, 3.8) is 0 Å². The second-order valence-corrected chi connectivity index (χ2v) is 8.47. The SMILES string of the molecule is Cc1ccc(S(=O)(=O)O[NH2+]c2ccn([C@H]3CO[C@@H](CO)S3)c(=O)n2)cc1. The first-order valence-electron chi connectivity index (χ1n) is 7.69. The highest BCUT2D eigenvalue weighted by molar-refractivity contribution is 8.00. The first kappa shape index (κ1) is 19.0. The summed E-state index contributed by atoms with van der Waals surface area (Å²) >= 11 is 1.31. The molecule has 1 aliphatic heterocycles. The molecule has 1 aromatic heterocycles. The third kappa shape index (κ3) is 4.31. The van der Waals surface area contributed by atoms with E-state index < -0.39 is 15.8 Å². The molecule has 1 aromatic carbocycles. The number of rotatable bonds is 6. The molecule has 26 heavy (non-hydrogen) atoms. The molecule has 0 amide bonds. The summed E-state index contributed by atoms with van der Waals surface area (Å²) in [5, 5.41) is 8.78. The van der Waals surface area contributed by atoms with Crippen molar-refractivity contribution in [2.75, 3.05) is 13.2 Å². The minimum Gasteiger partial charge on any atom is -0.393 e. The average molecular weight is 400 g/mol. The molecule has 0 spiro atoms. The van der Waals surface area contributed by atoms with E-state index in [1.165, 1.54) is 40.7 Å². The van der Waals surface area contributed by atoms with E-state index in [0.29, 0.717) is 0 Å². The van der Waals surface area contributed by atoms with Crippen molar-refractivity contribution in [1.82, 2.24) is 9.55 Å². The molecule has 0 saturated carbocycles. The van der Waals surface area contributed by atoms with Gasteiger partial charge in [-0.2, -0.15) is 8.42 Å². The number of aliphatic hydroxyl groups is 1. The maximum Gasteiger partial charge on any atom is 0.353 e. The predicted octanol–water partition coefficient (Wildman–Crippen LogP) is -0.352. The third-order valence-electron chi connectivity index (χ3n) is 3.65. The van der Waals surface area contributed by atoms with Gasteiger partial charge in [0.1, 0.15) is 10.8 Å². The van der Waals surface area contributed by atoms with Gasteiger partial charge in [0, 0.05) is 12.3 Å². The predicted molar refractivity (Wildman–Crippen MR) is 93.0 cm³/mol. The number of benzene rings is 1. The number of nitrogens with zero attached hydrogens (tertiary/aromatic N) is 2. The summed E-state index contributed by atoms with van der Waals surface area (Å²) in [6.45, 7) is 1.98. The van der Waals surface area contributed by atoms with E-state index in [0.717, 1.165) is 11.0 Å². The number of aliphatic hydroxyl groups excluding tert-OH is 1. The molecule has 0 unspecified atom stereocenters. The van der Waals surface area contributed by atoms with Crippen molar-refractivity contribution in [3.8, 4) is 0 Å². The lowest BCUT2D eigenvalue weighted by molar-refractivity contribution is -0.797. The molecule has 3 N–H and O–H groups in total. The molecular formula is C15H18N3O6S2+. The van der Waals surface area contributed by atoms with Gasteiger partial charge < -0.3 is 9.84 Å². The van der Waals surface area contributed by atoms with Gasteiger partial charge in [-0.25, -0.2) is 4.79 Å². The second-order valence-electron chi connectivity index (χ2n) is 5.56. The molecule has 2 atom stereocenters. The van der Waals surface area contributed by atoms with Crippen molar-refractivity contribution in [1.29, 1.82) is 0 Å². The molecular weight excluding hydrogens is 382 g/mol. The van der Waals surface area contributed by atoms with Gasteiger partial charge >= 0.3 is 15.8 Å². The molecule has 0 aliphatic carbocycles. The molecule has 3 rings (SSSR count). The van der Waals surface area contributed by atoms with Crippen LogP contribution < -0.4 is 11.2 Å². The topological polar surface area (TPSA) is 124 Å². The summed E-state index contributed by atoms with van der Waals surface area (Å²) in [4.78, 5) is 16.0. The zero-order chi connectivity index (χ0) is 18.7. The molecule has 1 saturated heterocycles. The maximum absolute atomic E-state index is 12.1. The summed E-state index contributed by atoms with van der Waals surface area (Å²) in [5.41, 5.74) is 0.918. The normalized spacial score (nSPS) is 20.4. The van der Waals surface area contributed by atoms with Gasteiger partial charge in [0.2, 0.25) is 0 Å². The van der Waals surface area contributed by atoms with E-state index in [1.54, 1.807) is 12.1 Å². The Hall–Kier alpha value is -1.76. The smallest absolute Gasteiger partial charge is 0.353 e. The van der Waals surface area contributed by atoms with Crippen LogP contribution in [0.25, 0.3) is 0 Å². The largest absolute Gasteiger partial charge is 0.393 e. The quantitative estimate of drug-likeness (QED) is 0.631. The molecule has 11 heteroatoms. The first-order chi connectivity index (χ1) is 12.4. The first-order valence-corrected chi connectivity index (χ1v) is 10.0. The number of nitrogens with two attached hydrogens (primary N) is 1. The van der Waals surface area contributed by atoms with Crippen LogP contribution in [0.1, 0.15) is 10.9 Å².